The molecule has 0 aliphatic heterocycles. The molecule has 1 aliphatic carbocycles. The number of hydrogen-bond acceptors (Lipinski definition) is 2. The maximum absolute atomic E-state index is 6.48. The molecule has 10 rings (SSSR count). The van der Waals surface area contributed by atoms with Crippen LogP contribution in [-0.4, -0.2) is 0 Å². The van der Waals surface area contributed by atoms with E-state index < -0.39 is 0 Å². The summed E-state index contributed by atoms with van der Waals surface area (Å²) in [5, 5.41) is 2.24. The molecule has 252 valence electrons. The van der Waals surface area contributed by atoms with Crippen LogP contribution in [0.2, 0.25) is 0 Å². The van der Waals surface area contributed by atoms with Gasteiger partial charge in [-0.05, 0) is 86.5 Å². The van der Waals surface area contributed by atoms with E-state index in [2.05, 4.69) is 195 Å². The Morgan fingerprint density at radius 2 is 0.981 bits per heavy atom. The van der Waals surface area contributed by atoms with Crippen molar-refractivity contribution in [1.29, 1.82) is 0 Å². The first-order chi connectivity index (χ1) is 26.1. The van der Waals surface area contributed by atoms with E-state index in [9.17, 15) is 0 Å². The van der Waals surface area contributed by atoms with Gasteiger partial charge in [0.05, 0.1) is 5.69 Å². The molecule has 0 N–H and O–H groups in total. The Balaban J connectivity index is 1.24. The summed E-state index contributed by atoms with van der Waals surface area (Å²) in [6, 6.07) is 67.8. The predicted octanol–water partition coefficient (Wildman–Crippen LogP) is 14.4. The van der Waals surface area contributed by atoms with Gasteiger partial charge in [0.1, 0.15) is 11.2 Å². The molecule has 0 radical (unpaired) electrons. The van der Waals surface area contributed by atoms with Gasteiger partial charge in [-0.3, -0.25) is 0 Å². The zero-order valence-corrected chi connectivity index (χ0v) is 29.8. The highest BCUT2D eigenvalue weighted by atomic mass is 16.3. The number of nitrogens with zero attached hydrogens (tertiary/aromatic N) is 1. The Bertz CT molecular complexity index is 2790. The van der Waals surface area contributed by atoms with Gasteiger partial charge < -0.3 is 9.32 Å². The smallest absolute Gasteiger partial charge is 0.137 e. The minimum absolute atomic E-state index is 0.161. The van der Waals surface area contributed by atoms with Gasteiger partial charge >= 0.3 is 0 Å². The number of fused-ring (bicyclic) bond motifs is 6. The van der Waals surface area contributed by atoms with Crippen molar-refractivity contribution >= 4 is 39.0 Å². The van der Waals surface area contributed by atoms with Crippen LogP contribution < -0.4 is 4.90 Å². The van der Waals surface area contributed by atoms with Crippen LogP contribution in [0.15, 0.2) is 192 Å². The number of rotatable bonds is 6. The van der Waals surface area contributed by atoms with Crippen LogP contribution in [-0.2, 0) is 5.41 Å². The molecular weight excluding hydrogens is 643 g/mol. The van der Waals surface area contributed by atoms with E-state index in [1.165, 1.54) is 55.6 Å². The first-order valence-electron chi connectivity index (χ1n) is 18.4. The van der Waals surface area contributed by atoms with Crippen molar-refractivity contribution in [3.8, 4) is 44.5 Å². The van der Waals surface area contributed by atoms with Gasteiger partial charge in [-0.1, -0.05) is 159 Å². The first kappa shape index (κ1) is 31.1. The van der Waals surface area contributed by atoms with Gasteiger partial charge in [0.25, 0.3) is 0 Å². The lowest BCUT2D eigenvalue weighted by Crippen LogP contribution is -2.16. The van der Waals surface area contributed by atoms with E-state index in [4.69, 9.17) is 4.42 Å². The second kappa shape index (κ2) is 12.3. The van der Waals surface area contributed by atoms with Gasteiger partial charge in [0.15, 0.2) is 0 Å². The lowest BCUT2D eigenvalue weighted by Gasteiger charge is -2.30. The van der Waals surface area contributed by atoms with Gasteiger partial charge in [0.2, 0.25) is 0 Å². The standard InChI is InChI=1S/C51H37NO/c1-51(2)45-24-11-9-19-39(45)43-22-13-23-44(50(43)51)42-21-14-25-46(49(42)36-17-7-4-8-18-36)52(37-29-27-35(28-30-37)34-15-5-3-6-16-34)38-31-32-41-40-20-10-12-26-47(40)53-48(41)33-38/h3-33H,1-2H3. The van der Waals surface area contributed by atoms with E-state index in [0.717, 1.165) is 39.0 Å². The lowest BCUT2D eigenvalue weighted by atomic mass is 9.77. The Labute approximate surface area is 310 Å². The van der Waals surface area contributed by atoms with Crippen LogP contribution in [0.5, 0.6) is 0 Å². The summed E-state index contributed by atoms with van der Waals surface area (Å²) in [6.07, 6.45) is 0. The molecule has 0 amide bonds. The molecule has 0 atom stereocenters. The van der Waals surface area contributed by atoms with Gasteiger partial charge in [-0.15, -0.1) is 0 Å². The number of anilines is 3. The Hall–Kier alpha value is -6.64. The number of para-hydroxylation sites is 1. The maximum Gasteiger partial charge on any atom is 0.137 e. The lowest BCUT2D eigenvalue weighted by molar-refractivity contribution is 0.662. The third-order valence-corrected chi connectivity index (χ3v) is 11.1. The molecular formula is C51H37NO. The predicted molar refractivity (Wildman–Crippen MR) is 222 cm³/mol. The normalized spacial score (nSPS) is 12.9. The molecule has 1 aromatic heterocycles. The van der Waals surface area contributed by atoms with Crippen molar-refractivity contribution in [2.75, 3.05) is 4.90 Å². The fraction of sp³-hybridized carbons (Fsp3) is 0.0588. The van der Waals surface area contributed by atoms with Crippen molar-refractivity contribution in [3.05, 3.63) is 199 Å². The molecule has 0 saturated carbocycles. The van der Waals surface area contributed by atoms with Gasteiger partial charge in [0, 0.05) is 39.2 Å². The van der Waals surface area contributed by atoms with E-state index >= 15 is 0 Å². The summed E-state index contributed by atoms with van der Waals surface area (Å²) >= 11 is 0. The minimum Gasteiger partial charge on any atom is -0.456 e. The van der Waals surface area contributed by atoms with E-state index in [1.54, 1.807) is 0 Å². The summed E-state index contributed by atoms with van der Waals surface area (Å²) < 4.78 is 6.48. The molecule has 0 fully saturated rings. The third kappa shape index (κ3) is 5.02. The van der Waals surface area contributed by atoms with Crippen molar-refractivity contribution in [1.82, 2.24) is 0 Å². The molecule has 0 saturated heterocycles. The van der Waals surface area contributed by atoms with Crippen molar-refractivity contribution in [2.45, 2.75) is 19.3 Å². The van der Waals surface area contributed by atoms with E-state index in [-0.39, 0.29) is 5.41 Å². The summed E-state index contributed by atoms with van der Waals surface area (Å²) in [5.41, 5.74) is 17.4. The summed E-state index contributed by atoms with van der Waals surface area (Å²) in [6.45, 7) is 4.74. The SMILES string of the molecule is CC1(C)c2ccccc2-c2cccc(-c3cccc(N(c4ccc(-c5ccccc5)cc4)c4ccc5c(c4)oc4ccccc45)c3-c3ccccc3)c21. The number of benzene rings is 8. The summed E-state index contributed by atoms with van der Waals surface area (Å²) in [5.74, 6) is 0. The minimum atomic E-state index is -0.161. The molecule has 8 aromatic carbocycles. The zero-order valence-electron chi connectivity index (χ0n) is 29.8. The van der Waals surface area contributed by atoms with Gasteiger partial charge in [-0.25, -0.2) is 0 Å². The first-order valence-corrected chi connectivity index (χ1v) is 18.4. The van der Waals surface area contributed by atoms with Crippen LogP contribution in [0, 0.1) is 0 Å². The van der Waals surface area contributed by atoms with Crippen LogP contribution in [0.25, 0.3) is 66.4 Å². The molecule has 1 aliphatic rings. The molecule has 2 heteroatoms. The van der Waals surface area contributed by atoms with Crippen molar-refractivity contribution in [2.24, 2.45) is 0 Å². The molecule has 53 heavy (non-hydrogen) atoms. The zero-order chi connectivity index (χ0) is 35.5. The molecule has 0 bridgehead atoms. The average molecular weight is 680 g/mol. The molecule has 0 spiro atoms. The van der Waals surface area contributed by atoms with Crippen LogP contribution >= 0.6 is 0 Å². The molecule has 9 aromatic rings. The fourth-order valence-corrected chi connectivity index (χ4v) is 8.65. The fourth-order valence-electron chi connectivity index (χ4n) is 8.65. The number of hydrogen-bond donors (Lipinski definition) is 0. The molecule has 2 nitrogen and oxygen atoms in total. The van der Waals surface area contributed by atoms with Crippen LogP contribution in [0.4, 0.5) is 17.1 Å². The maximum atomic E-state index is 6.48. The Morgan fingerprint density at radius 1 is 0.415 bits per heavy atom. The summed E-state index contributed by atoms with van der Waals surface area (Å²) in [7, 11) is 0. The molecule has 1 heterocycles. The van der Waals surface area contributed by atoms with Crippen molar-refractivity contribution < 1.29 is 4.42 Å². The van der Waals surface area contributed by atoms with Gasteiger partial charge in [-0.2, -0.15) is 0 Å². The highest BCUT2D eigenvalue weighted by molar-refractivity contribution is 6.07. The Kier molecular flexibility index (Phi) is 7.19. The largest absolute Gasteiger partial charge is 0.456 e. The number of furan rings is 1. The Morgan fingerprint density at radius 3 is 1.77 bits per heavy atom. The van der Waals surface area contributed by atoms with Crippen LogP contribution in [0.3, 0.4) is 0 Å². The summed E-state index contributed by atoms with van der Waals surface area (Å²) in [4.78, 5) is 2.40. The van der Waals surface area contributed by atoms with E-state index in [0.29, 0.717) is 0 Å². The molecule has 0 unspecified atom stereocenters. The van der Waals surface area contributed by atoms with E-state index in [1.807, 2.05) is 12.1 Å². The topological polar surface area (TPSA) is 16.4 Å². The van der Waals surface area contributed by atoms with Crippen LogP contribution in [0.1, 0.15) is 25.0 Å². The highest BCUT2D eigenvalue weighted by Gasteiger charge is 2.38. The quantitative estimate of drug-likeness (QED) is 0.174. The van der Waals surface area contributed by atoms with Crippen molar-refractivity contribution in [3.63, 3.8) is 0 Å². The second-order valence-electron chi connectivity index (χ2n) is 14.5. The third-order valence-electron chi connectivity index (χ3n) is 11.1. The second-order valence-corrected chi connectivity index (χ2v) is 14.5. The monoisotopic (exact) mass is 679 g/mol. The highest BCUT2D eigenvalue weighted by Crippen LogP contribution is 2.54. The average Bonchev–Trinajstić information content (AvgIpc) is 3.70.